The van der Waals surface area contributed by atoms with Crippen LogP contribution in [0.15, 0.2) is 66.7 Å². The second-order valence-corrected chi connectivity index (χ2v) is 43.2. The van der Waals surface area contributed by atoms with Gasteiger partial charge in [0.25, 0.3) is 0 Å². The van der Waals surface area contributed by atoms with Gasteiger partial charge in [-0.1, -0.05) is 65.0 Å². The second-order valence-electron chi connectivity index (χ2n) is 16.7. The maximum atomic E-state index is 11.2. The van der Waals surface area contributed by atoms with Crippen molar-refractivity contribution in [1.82, 2.24) is 4.98 Å². The molecular weight excluding hydrogens is 921 g/mol. The van der Waals surface area contributed by atoms with Crippen molar-refractivity contribution in [3.05, 3.63) is 66.7 Å². The van der Waals surface area contributed by atoms with Gasteiger partial charge in [0.2, 0.25) is 25.0 Å². The third-order valence-electron chi connectivity index (χ3n) is 3.71. The van der Waals surface area contributed by atoms with Crippen LogP contribution in [-0.2, 0) is 40.9 Å². The van der Waals surface area contributed by atoms with Crippen LogP contribution in [0.5, 0.6) is 0 Å². The smallest absolute Gasteiger partial charge is 0.634 e. The van der Waals surface area contributed by atoms with Gasteiger partial charge in [0.05, 0.1) is 17.8 Å². The Hall–Kier alpha value is -1.85. The molecule has 0 spiro atoms. The fraction of sp³-hybridized carbons (Fsp3) is 0.562. The Labute approximate surface area is 349 Å². The maximum absolute atomic E-state index is 11.2. The molecule has 0 aliphatic carbocycles. The molecule has 0 unspecified atom stereocenters. The molecule has 1 aromatic heterocycles. The van der Waals surface area contributed by atoms with E-state index in [-0.39, 0.29) is 38.2 Å². The van der Waals surface area contributed by atoms with Crippen molar-refractivity contribution in [2.75, 3.05) is 0 Å². The van der Waals surface area contributed by atoms with Crippen molar-refractivity contribution in [2.24, 2.45) is 0 Å². The van der Waals surface area contributed by atoms with Crippen LogP contribution in [0, 0.1) is 38.2 Å². The van der Waals surface area contributed by atoms with Crippen LogP contribution in [-0.4, -0.2) is 72.8 Å². The van der Waals surface area contributed by atoms with Crippen LogP contribution in [0.1, 0.15) is 0 Å². The van der Waals surface area contributed by atoms with Crippen LogP contribution in [0.25, 0.3) is 0 Å². The monoisotopic (exact) mass is 984 g/mol. The van der Waals surface area contributed by atoms with E-state index in [0.717, 1.165) is 18.2 Å². The number of carbonyl (C=O) groups excluding carboxylic acids is 3. The summed E-state index contributed by atoms with van der Waals surface area (Å²) in [5.41, 5.74) is 0. The summed E-state index contributed by atoms with van der Waals surface area (Å²) >= 11 is 0. The van der Waals surface area contributed by atoms with E-state index in [1.807, 2.05) is 136 Å². The Morgan fingerprint density at radius 2 is 0.596 bits per heavy atom. The molecule has 0 saturated carbocycles. The van der Waals surface area contributed by atoms with E-state index in [1.54, 1.807) is 12.4 Å². The number of hydrogen-bond acceptors (Lipinski definition) is 13. The van der Waals surface area contributed by atoms with Gasteiger partial charge >= 0.3 is 56.1 Å². The predicted octanol–water partition coefficient (Wildman–Crippen LogP) is 5.33. The molecule has 20 heteroatoms. The topological polar surface area (TPSA) is 189 Å². The van der Waals surface area contributed by atoms with Crippen LogP contribution in [0.4, 0.5) is 0 Å². The van der Waals surface area contributed by atoms with Crippen LogP contribution in [0.2, 0.25) is 118 Å². The number of rotatable bonds is 12. The first-order valence-electron chi connectivity index (χ1n) is 16.3. The average Bonchev–Trinajstić information content (AvgIpc) is 2.78. The second kappa shape index (κ2) is 25.3. The quantitative estimate of drug-likeness (QED) is 0.149. The molecule has 0 saturated heterocycles. The molecule has 13 nitrogen and oxygen atoms in total. The minimum atomic E-state index is -1.92. The van der Waals surface area contributed by atoms with Gasteiger partial charge in [-0.2, -0.15) is 0 Å². The van der Waals surface area contributed by atoms with Crippen molar-refractivity contribution in [3.63, 3.8) is 0 Å². The first-order valence-corrected chi connectivity index (χ1v) is 36.7. The molecule has 1 aromatic rings. The third kappa shape index (κ3) is 50.3. The molecule has 1 heterocycles. The Bertz CT molecular complexity index is 1130. The van der Waals surface area contributed by atoms with Gasteiger partial charge in [-0.15, -0.1) is 0 Å². The molecule has 0 N–H and O–H groups in total. The van der Waals surface area contributed by atoms with Crippen molar-refractivity contribution in [3.8, 4) is 0 Å². The molecule has 301 valence electrons. The first kappa shape index (κ1) is 56.9. The van der Waals surface area contributed by atoms with Crippen LogP contribution < -0.4 is 15.3 Å². The summed E-state index contributed by atoms with van der Waals surface area (Å²) in [5.74, 6) is -3.60. The number of pyridine rings is 1. The average molecular weight is 984 g/mol. The van der Waals surface area contributed by atoms with Gasteiger partial charge in [0.15, 0.2) is 0 Å². The fourth-order valence-electron chi connectivity index (χ4n) is 2.59. The first-order chi connectivity index (χ1) is 22.5. The van der Waals surface area contributed by atoms with E-state index in [9.17, 15) is 29.7 Å². The van der Waals surface area contributed by atoms with Gasteiger partial charge in [0, 0.05) is 30.6 Å². The van der Waals surface area contributed by atoms with E-state index < -0.39 is 85.6 Å². The molecule has 0 aliphatic rings. The predicted molar refractivity (Wildman–Crippen MR) is 210 cm³/mol. The zero-order valence-corrected chi connectivity index (χ0v) is 42.3. The Morgan fingerprint density at radius 1 is 0.404 bits per heavy atom. The maximum Gasteiger partial charge on any atom is 3.00 e. The van der Waals surface area contributed by atoms with Gasteiger partial charge in [0.1, 0.15) is 25.0 Å². The number of hydrogen-bond donors (Lipinski definition) is 0. The molecule has 0 bridgehead atoms. The third-order valence-corrected chi connectivity index (χ3v) is 8.60. The van der Waals surface area contributed by atoms with Crippen molar-refractivity contribution in [1.29, 1.82) is 0 Å². The molecule has 1 rings (SSSR count). The van der Waals surface area contributed by atoms with Crippen LogP contribution in [0.3, 0.4) is 0 Å². The van der Waals surface area contributed by atoms with E-state index in [4.69, 9.17) is 26.6 Å². The molecule has 0 aliphatic heterocycles. The van der Waals surface area contributed by atoms with Crippen molar-refractivity contribution < 1.29 is 94.4 Å². The Kier molecular flexibility index (Phi) is 27.6. The SMILES string of the molecule is C[Si](C)(C)OC(=O)/C=C(\[O-])O[Si](C)(C)C.C[Si](C)(C)OC(=O)/C=C(\[O-])O[Si](C)(C)C.C[Si](C)(C)OC(=O)/C=C(\[O-])O[Si](C)(C)C.[Dy+3].c1ccncc1. The van der Waals surface area contributed by atoms with Crippen LogP contribution >= 0.6 is 0 Å². The van der Waals surface area contributed by atoms with E-state index in [0.29, 0.717) is 0 Å². The van der Waals surface area contributed by atoms with Gasteiger partial charge in [-0.25, -0.2) is 14.4 Å². The molecule has 1 radical (unpaired) electrons. The van der Waals surface area contributed by atoms with E-state index >= 15 is 0 Å². The molecule has 0 amide bonds. The number of nitrogens with zero attached hydrogens (tertiary/aromatic N) is 1. The minimum absolute atomic E-state index is 0. The number of carbonyl (C=O) groups is 3. The molecule has 52 heavy (non-hydrogen) atoms. The standard InChI is InChI=1S/3C9H20O4Si2.C5H5N.Dy/c3*1-14(2,3)12-8(10)7-9(11)13-15(4,5)6;1-2-4-6-5-3-1;/h3*7,10H,1-6H3;1-5H;/q;;;;+3/p-3/b3*8-7+;;. The number of aromatic nitrogens is 1. The van der Waals surface area contributed by atoms with Crippen molar-refractivity contribution in [2.45, 2.75) is 118 Å². The molecule has 0 aromatic carbocycles. The molecular formula is C32H62DyNO12Si6. The van der Waals surface area contributed by atoms with Gasteiger partial charge < -0.3 is 41.9 Å². The summed E-state index contributed by atoms with van der Waals surface area (Å²) in [6.45, 7) is 33.8. The minimum Gasteiger partial charge on any atom is -0.634 e. The summed E-state index contributed by atoms with van der Waals surface area (Å²) in [5, 5.41) is 33.7. The van der Waals surface area contributed by atoms with Gasteiger partial charge in [-0.05, 0) is 71.1 Å². The Balaban J connectivity index is -0.000000304. The summed E-state index contributed by atoms with van der Waals surface area (Å²) in [6, 6.07) is 5.72. The largest absolute Gasteiger partial charge is 3.00 e. The summed E-state index contributed by atoms with van der Waals surface area (Å²) in [6.07, 6.45) is 6.16. The van der Waals surface area contributed by atoms with Gasteiger partial charge in [-0.3, -0.25) is 4.98 Å². The van der Waals surface area contributed by atoms with E-state index in [2.05, 4.69) is 4.98 Å². The summed E-state index contributed by atoms with van der Waals surface area (Å²) in [7, 11) is -11.5. The fourth-order valence-corrected chi connectivity index (χ4v) is 6.56. The zero-order valence-electron chi connectivity index (χ0n) is 34.3. The summed E-state index contributed by atoms with van der Waals surface area (Å²) in [4.78, 5) is 37.5. The van der Waals surface area contributed by atoms with E-state index in [1.165, 1.54) is 0 Å². The zero-order chi connectivity index (χ0) is 41.1. The Morgan fingerprint density at radius 3 is 0.712 bits per heavy atom. The molecule has 0 atom stereocenters. The van der Waals surface area contributed by atoms with Crippen molar-refractivity contribution >= 4 is 67.8 Å². The summed E-state index contributed by atoms with van der Waals surface area (Å²) < 4.78 is 30.5. The normalized spacial score (nSPS) is 12.7. The molecule has 0 fully saturated rings.